The van der Waals surface area contributed by atoms with E-state index in [0.29, 0.717) is 18.4 Å². The van der Waals surface area contributed by atoms with Crippen LogP contribution in [0.15, 0.2) is 41.1 Å². The normalized spacial score (nSPS) is 11.4. The number of hydrogen-bond acceptors (Lipinski definition) is 2. The van der Waals surface area contributed by atoms with Crippen LogP contribution in [0.2, 0.25) is 0 Å². The second-order valence-corrected chi connectivity index (χ2v) is 5.39. The van der Waals surface area contributed by atoms with Crippen LogP contribution < -0.4 is 5.32 Å². The third kappa shape index (κ3) is 4.90. The average molecular weight is 313 g/mol. The van der Waals surface area contributed by atoms with E-state index in [4.69, 9.17) is 0 Å². The van der Waals surface area contributed by atoms with Gasteiger partial charge in [0.15, 0.2) is 0 Å². The number of carbonyl (C=O) groups is 1. The number of amides is 1. The fourth-order valence-electron chi connectivity index (χ4n) is 1.84. The Morgan fingerprint density at radius 2 is 2.00 bits per heavy atom. The molecule has 0 fully saturated rings. The first kappa shape index (κ1) is 15.6. The van der Waals surface area contributed by atoms with Crippen molar-refractivity contribution >= 4 is 17.2 Å². The van der Waals surface area contributed by atoms with E-state index in [1.807, 2.05) is 16.8 Å². The maximum absolute atomic E-state index is 12.6. The number of benzene rings is 1. The van der Waals surface area contributed by atoms with Crippen molar-refractivity contribution in [1.82, 2.24) is 5.32 Å². The van der Waals surface area contributed by atoms with Gasteiger partial charge in [0.1, 0.15) is 0 Å². The predicted octanol–water partition coefficient (Wildman–Crippen LogP) is 4.02. The Hall–Kier alpha value is -1.82. The van der Waals surface area contributed by atoms with Crippen LogP contribution >= 0.6 is 11.3 Å². The molecule has 112 valence electrons. The first-order valence-electron chi connectivity index (χ1n) is 6.39. The lowest BCUT2D eigenvalue weighted by Crippen LogP contribution is -2.23. The molecule has 2 rings (SSSR count). The van der Waals surface area contributed by atoms with E-state index in [-0.39, 0.29) is 12.5 Å². The lowest BCUT2D eigenvalue weighted by Gasteiger charge is -2.09. The molecule has 0 radical (unpaired) electrons. The van der Waals surface area contributed by atoms with Crippen molar-refractivity contribution in [2.24, 2.45) is 0 Å². The molecule has 0 saturated carbocycles. The minimum absolute atomic E-state index is 0.104. The summed E-state index contributed by atoms with van der Waals surface area (Å²) in [6.45, 7) is 0.104. The molecule has 2 aromatic rings. The predicted molar refractivity (Wildman–Crippen MR) is 75.9 cm³/mol. The molecule has 1 aromatic carbocycles. The molecule has 21 heavy (non-hydrogen) atoms. The molecule has 0 aliphatic carbocycles. The zero-order valence-corrected chi connectivity index (χ0v) is 11.9. The zero-order valence-electron chi connectivity index (χ0n) is 11.1. The minimum Gasteiger partial charge on any atom is -0.352 e. The highest BCUT2D eigenvalue weighted by molar-refractivity contribution is 7.07. The number of thiophene rings is 1. The maximum atomic E-state index is 12.6. The molecule has 1 amide bonds. The van der Waals surface area contributed by atoms with Crippen molar-refractivity contribution < 1.29 is 18.0 Å². The number of rotatable bonds is 5. The van der Waals surface area contributed by atoms with Crippen LogP contribution in [0.5, 0.6) is 0 Å². The van der Waals surface area contributed by atoms with Gasteiger partial charge in [-0.15, -0.1) is 0 Å². The lowest BCUT2D eigenvalue weighted by molar-refractivity contribution is -0.137. The van der Waals surface area contributed by atoms with E-state index >= 15 is 0 Å². The molecule has 0 aliphatic heterocycles. The van der Waals surface area contributed by atoms with Gasteiger partial charge < -0.3 is 5.32 Å². The highest BCUT2D eigenvalue weighted by Gasteiger charge is 2.30. The van der Waals surface area contributed by atoms with Gasteiger partial charge in [-0.25, -0.2) is 0 Å². The fraction of sp³-hybridized carbons (Fsp3) is 0.267. The summed E-state index contributed by atoms with van der Waals surface area (Å²) in [4.78, 5) is 11.7. The summed E-state index contributed by atoms with van der Waals surface area (Å²) in [6.07, 6.45) is -3.40. The summed E-state index contributed by atoms with van der Waals surface area (Å²) >= 11 is 1.57. The summed E-state index contributed by atoms with van der Waals surface area (Å²) in [7, 11) is 0. The highest BCUT2D eigenvalue weighted by atomic mass is 32.1. The summed E-state index contributed by atoms with van der Waals surface area (Å²) in [5, 5.41) is 6.55. The molecule has 0 aliphatic rings. The van der Waals surface area contributed by atoms with Crippen LogP contribution in [0.3, 0.4) is 0 Å². The third-order valence-corrected chi connectivity index (χ3v) is 3.70. The van der Waals surface area contributed by atoms with E-state index in [2.05, 4.69) is 5.32 Å². The molecule has 1 heterocycles. The summed E-state index contributed by atoms with van der Waals surface area (Å²) in [6, 6.07) is 6.93. The van der Waals surface area contributed by atoms with Crippen LogP contribution in [-0.2, 0) is 23.9 Å². The molecule has 0 bridgehead atoms. The van der Waals surface area contributed by atoms with Crippen LogP contribution in [0.4, 0.5) is 13.2 Å². The lowest BCUT2D eigenvalue weighted by atomic mass is 10.1. The van der Waals surface area contributed by atoms with Gasteiger partial charge in [-0.1, -0.05) is 12.1 Å². The minimum atomic E-state index is -4.36. The van der Waals surface area contributed by atoms with Crippen molar-refractivity contribution in [1.29, 1.82) is 0 Å². The number of aryl methyl sites for hydroxylation is 1. The van der Waals surface area contributed by atoms with Crippen LogP contribution in [0, 0.1) is 0 Å². The van der Waals surface area contributed by atoms with Gasteiger partial charge >= 0.3 is 6.18 Å². The molecule has 0 saturated heterocycles. The molecule has 0 unspecified atom stereocenters. The van der Waals surface area contributed by atoms with E-state index in [1.165, 1.54) is 6.07 Å². The van der Waals surface area contributed by atoms with Crippen molar-refractivity contribution in [3.8, 4) is 0 Å². The van der Waals surface area contributed by atoms with Crippen LogP contribution in [0.1, 0.15) is 23.1 Å². The van der Waals surface area contributed by atoms with Crippen LogP contribution in [0.25, 0.3) is 0 Å². The van der Waals surface area contributed by atoms with E-state index in [1.54, 1.807) is 17.4 Å². The van der Waals surface area contributed by atoms with Gasteiger partial charge in [-0.2, -0.15) is 24.5 Å². The van der Waals surface area contributed by atoms with E-state index in [9.17, 15) is 18.0 Å². The standard InChI is InChI=1S/C15H14F3NOS/c16-15(17,18)13-3-1-2-12(8-13)9-19-14(20)5-4-11-6-7-21-10-11/h1-3,6-8,10H,4-5,9H2,(H,19,20). The summed E-state index contributed by atoms with van der Waals surface area (Å²) in [5.74, 6) is -0.168. The SMILES string of the molecule is O=C(CCc1ccsc1)NCc1cccc(C(F)(F)F)c1. The maximum Gasteiger partial charge on any atom is 0.416 e. The van der Waals surface area contributed by atoms with Gasteiger partial charge in [0, 0.05) is 13.0 Å². The second kappa shape index (κ2) is 6.76. The highest BCUT2D eigenvalue weighted by Crippen LogP contribution is 2.29. The topological polar surface area (TPSA) is 29.1 Å². The Labute approximate surface area is 124 Å². The molecule has 2 nitrogen and oxygen atoms in total. The van der Waals surface area contributed by atoms with Gasteiger partial charge in [-0.3, -0.25) is 4.79 Å². The largest absolute Gasteiger partial charge is 0.416 e. The monoisotopic (exact) mass is 313 g/mol. The van der Waals surface area contributed by atoms with E-state index < -0.39 is 11.7 Å². The number of hydrogen-bond donors (Lipinski definition) is 1. The average Bonchev–Trinajstić information content (AvgIpc) is 2.95. The molecular weight excluding hydrogens is 299 g/mol. The van der Waals surface area contributed by atoms with Gasteiger partial charge in [-0.05, 0) is 46.5 Å². The number of halogens is 3. The zero-order chi connectivity index (χ0) is 15.3. The smallest absolute Gasteiger partial charge is 0.352 e. The summed E-state index contributed by atoms with van der Waals surface area (Å²) < 4.78 is 37.7. The molecule has 0 atom stereocenters. The van der Waals surface area contributed by atoms with Crippen molar-refractivity contribution in [2.45, 2.75) is 25.6 Å². The van der Waals surface area contributed by atoms with Gasteiger partial charge in [0.05, 0.1) is 5.56 Å². The Kier molecular flexibility index (Phi) is 5.01. The Morgan fingerprint density at radius 1 is 1.19 bits per heavy atom. The van der Waals surface area contributed by atoms with Crippen molar-refractivity contribution in [2.75, 3.05) is 0 Å². The first-order valence-corrected chi connectivity index (χ1v) is 7.33. The van der Waals surface area contributed by atoms with E-state index in [0.717, 1.165) is 17.7 Å². The molecule has 1 aromatic heterocycles. The van der Waals surface area contributed by atoms with Crippen molar-refractivity contribution in [3.05, 3.63) is 57.8 Å². The van der Waals surface area contributed by atoms with Gasteiger partial charge in [0.25, 0.3) is 0 Å². The number of nitrogens with one attached hydrogen (secondary N) is 1. The Balaban J connectivity index is 1.83. The Bertz CT molecular complexity index is 593. The molecule has 6 heteroatoms. The van der Waals surface area contributed by atoms with Gasteiger partial charge in [0.2, 0.25) is 5.91 Å². The third-order valence-electron chi connectivity index (χ3n) is 2.96. The molecule has 1 N–H and O–H groups in total. The fourth-order valence-corrected chi connectivity index (χ4v) is 2.54. The first-order chi connectivity index (χ1) is 9.95. The summed E-state index contributed by atoms with van der Waals surface area (Å²) in [5.41, 5.74) is 0.829. The molecular formula is C15H14F3NOS. The second-order valence-electron chi connectivity index (χ2n) is 4.61. The van der Waals surface area contributed by atoms with Crippen LogP contribution in [-0.4, -0.2) is 5.91 Å². The quantitative estimate of drug-likeness (QED) is 0.887. The Morgan fingerprint density at radius 3 is 2.67 bits per heavy atom. The number of alkyl halides is 3. The number of carbonyl (C=O) groups excluding carboxylic acids is 1. The van der Waals surface area contributed by atoms with Crippen molar-refractivity contribution in [3.63, 3.8) is 0 Å². The molecule has 0 spiro atoms.